The summed E-state index contributed by atoms with van der Waals surface area (Å²) in [7, 11) is 0. The van der Waals surface area contributed by atoms with Crippen LogP contribution < -0.4 is 0 Å². The zero-order valence-electron chi connectivity index (χ0n) is 11.3. The van der Waals surface area contributed by atoms with Gasteiger partial charge in [-0.3, -0.25) is 0 Å². The van der Waals surface area contributed by atoms with Crippen LogP contribution in [0, 0.1) is 0 Å². The average Bonchev–Trinajstić information content (AvgIpc) is 2.49. The van der Waals surface area contributed by atoms with E-state index in [2.05, 4.69) is 22.4 Å². The zero-order chi connectivity index (χ0) is 15.3. The summed E-state index contributed by atoms with van der Waals surface area (Å²) in [6.07, 6.45) is 0. The average molecular weight is 315 g/mol. The van der Waals surface area contributed by atoms with Gasteiger partial charge in [0, 0.05) is 9.79 Å². The van der Waals surface area contributed by atoms with Crippen molar-refractivity contribution in [3.63, 3.8) is 0 Å². The Labute approximate surface area is 132 Å². The summed E-state index contributed by atoms with van der Waals surface area (Å²) in [5, 5.41) is 11.5. The predicted octanol–water partition coefficient (Wildman–Crippen LogP) is 4.24. The van der Waals surface area contributed by atoms with E-state index < -0.39 is 11.5 Å². The van der Waals surface area contributed by atoms with Crippen LogP contribution in [0.4, 0.5) is 0 Å². The number of aliphatic carboxylic acids is 1. The van der Waals surface area contributed by atoms with Crippen molar-refractivity contribution >= 4 is 35.1 Å². The molecule has 2 rings (SSSR count). The first-order chi connectivity index (χ1) is 10.1. The molecule has 106 valence electrons. The minimum absolute atomic E-state index is 0.574. The second-order valence-corrected chi connectivity index (χ2v) is 5.85. The van der Waals surface area contributed by atoms with E-state index in [0.717, 1.165) is 9.79 Å². The summed E-state index contributed by atoms with van der Waals surface area (Å²) in [6.45, 7) is 1.51. The number of isothiocyanates is 1. The minimum atomic E-state index is -1.39. The topological polar surface area (TPSA) is 49.7 Å². The fraction of sp³-hybridized carbons (Fsp3) is 0.125. The van der Waals surface area contributed by atoms with Crippen molar-refractivity contribution in [3.05, 3.63) is 60.2 Å². The lowest BCUT2D eigenvalue weighted by molar-refractivity contribution is -0.142. The number of nitrogens with zero attached hydrogens (tertiary/aromatic N) is 1. The molecule has 0 heterocycles. The highest BCUT2D eigenvalue weighted by atomic mass is 32.2. The Morgan fingerprint density at radius 3 is 2.24 bits per heavy atom. The third-order valence-corrected chi connectivity index (χ3v) is 4.19. The number of rotatable bonds is 5. The van der Waals surface area contributed by atoms with Crippen LogP contribution >= 0.6 is 24.0 Å². The molecule has 0 saturated heterocycles. The van der Waals surface area contributed by atoms with Gasteiger partial charge < -0.3 is 5.11 Å². The van der Waals surface area contributed by atoms with Crippen molar-refractivity contribution in [2.24, 2.45) is 4.99 Å². The van der Waals surface area contributed by atoms with Crippen LogP contribution in [0.15, 0.2) is 69.4 Å². The number of carboxylic acids is 1. The standard InChI is InChI=1S/C16H13NO2S2/c1-16(15(18)19,17-11-20)12-7-9-14(10-8-12)21-13-5-3-2-4-6-13/h2-10H,1H3,(H,18,19). The summed E-state index contributed by atoms with van der Waals surface area (Å²) >= 11 is 6.16. The second-order valence-electron chi connectivity index (χ2n) is 4.52. The maximum absolute atomic E-state index is 11.4. The minimum Gasteiger partial charge on any atom is -0.479 e. The fourth-order valence-corrected chi connectivity index (χ4v) is 2.82. The molecule has 1 N–H and O–H groups in total. The molecule has 0 aliphatic rings. The largest absolute Gasteiger partial charge is 0.479 e. The molecule has 5 heteroatoms. The second kappa shape index (κ2) is 6.68. The van der Waals surface area contributed by atoms with E-state index in [1.165, 1.54) is 6.92 Å². The summed E-state index contributed by atoms with van der Waals surface area (Å²) in [6, 6.07) is 17.3. The molecule has 0 aliphatic carbocycles. The molecule has 21 heavy (non-hydrogen) atoms. The van der Waals surface area contributed by atoms with Crippen LogP contribution in [0.2, 0.25) is 0 Å². The van der Waals surface area contributed by atoms with Crippen molar-refractivity contribution in [2.45, 2.75) is 22.3 Å². The lowest BCUT2D eigenvalue weighted by Gasteiger charge is -2.19. The molecule has 0 aliphatic heterocycles. The Morgan fingerprint density at radius 1 is 1.14 bits per heavy atom. The van der Waals surface area contributed by atoms with Gasteiger partial charge >= 0.3 is 5.97 Å². The van der Waals surface area contributed by atoms with E-state index in [4.69, 9.17) is 0 Å². The van der Waals surface area contributed by atoms with E-state index in [-0.39, 0.29) is 0 Å². The van der Waals surface area contributed by atoms with E-state index in [9.17, 15) is 9.90 Å². The molecule has 0 amide bonds. The quantitative estimate of drug-likeness (QED) is 0.662. The highest BCUT2D eigenvalue weighted by molar-refractivity contribution is 7.99. The summed E-state index contributed by atoms with van der Waals surface area (Å²) < 4.78 is 0. The summed E-state index contributed by atoms with van der Waals surface area (Å²) in [5.74, 6) is -1.05. The Morgan fingerprint density at radius 2 is 1.71 bits per heavy atom. The first-order valence-corrected chi connectivity index (χ1v) is 7.44. The van der Waals surface area contributed by atoms with Crippen LogP contribution in [0.3, 0.4) is 0 Å². The molecule has 0 saturated carbocycles. The molecule has 2 aromatic carbocycles. The number of carboxylic acid groups (broad SMARTS) is 1. The van der Waals surface area contributed by atoms with Gasteiger partial charge in [-0.15, -0.1) is 0 Å². The molecule has 0 fully saturated rings. The SMILES string of the molecule is CC(N=C=S)(C(=O)O)c1ccc(Sc2ccccc2)cc1. The normalized spacial score (nSPS) is 13.0. The third-order valence-electron chi connectivity index (χ3n) is 3.08. The molecule has 0 radical (unpaired) electrons. The highest BCUT2D eigenvalue weighted by Gasteiger charge is 2.34. The van der Waals surface area contributed by atoms with Gasteiger partial charge in [0.1, 0.15) is 0 Å². The van der Waals surface area contributed by atoms with Crippen molar-refractivity contribution in [2.75, 3.05) is 0 Å². The van der Waals surface area contributed by atoms with E-state index >= 15 is 0 Å². The molecule has 2 aromatic rings. The van der Waals surface area contributed by atoms with E-state index in [0.29, 0.717) is 5.56 Å². The Balaban J connectivity index is 2.26. The smallest absolute Gasteiger partial charge is 0.336 e. The van der Waals surface area contributed by atoms with Gasteiger partial charge in [0.15, 0.2) is 5.54 Å². The van der Waals surface area contributed by atoms with Gasteiger partial charge in [-0.1, -0.05) is 42.1 Å². The van der Waals surface area contributed by atoms with Gasteiger partial charge in [-0.2, -0.15) is 0 Å². The van der Waals surface area contributed by atoms with E-state index in [1.807, 2.05) is 42.5 Å². The zero-order valence-corrected chi connectivity index (χ0v) is 12.9. The maximum Gasteiger partial charge on any atom is 0.336 e. The van der Waals surface area contributed by atoms with Crippen molar-refractivity contribution in [1.82, 2.24) is 0 Å². The van der Waals surface area contributed by atoms with Gasteiger partial charge in [0.05, 0.1) is 5.16 Å². The monoisotopic (exact) mass is 315 g/mol. The molecule has 1 atom stereocenters. The molecule has 1 unspecified atom stereocenters. The predicted molar refractivity (Wildman–Crippen MR) is 87.0 cm³/mol. The number of carbonyl (C=O) groups is 1. The van der Waals surface area contributed by atoms with Gasteiger partial charge in [0.2, 0.25) is 0 Å². The lowest BCUT2D eigenvalue weighted by Crippen LogP contribution is -2.29. The molecular formula is C16H13NO2S2. The highest BCUT2D eigenvalue weighted by Crippen LogP contribution is 2.31. The number of hydrogen-bond donors (Lipinski definition) is 1. The molecular weight excluding hydrogens is 302 g/mol. The van der Waals surface area contributed by atoms with E-state index in [1.54, 1.807) is 23.9 Å². The van der Waals surface area contributed by atoms with Gasteiger partial charge in [0.25, 0.3) is 0 Å². The Hall–Kier alpha value is -1.94. The Kier molecular flexibility index (Phi) is 4.91. The molecule has 0 aromatic heterocycles. The lowest BCUT2D eigenvalue weighted by atomic mass is 9.93. The molecule has 3 nitrogen and oxygen atoms in total. The van der Waals surface area contributed by atoms with Crippen molar-refractivity contribution in [3.8, 4) is 0 Å². The molecule has 0 spiro atoms. The number of hydrogen-bond acceptors (Lipinski definition) is 4. The number of benzene rings is 2. The molecule has 0 bridgehead atoms. The Bertz CT molecular complexity index is 675. The summed E-state index contributed by atoms with van der Waals surface area (Å²) in [4.78, 5) is 17.4. The number of thiocarbonyl (C=S) groups is 1. The maximum atomic E-state index is 11.4. The van der Waals surface area contributed by atoms with Gasteiger partial charge in [-0.05, 0) is 49.0 Å². The van der Waals surface area contributed by atoms with Crippen LogP contribution in [0.25, 0.3) is 0 Å². The summed E-state index contributed by atoms with van der Waals surface area (Å²) in [5.41, 5.74) is -0.817. The van der Waals surface area contributed by atoms with Crippen LogP contribution in [0.5, 0.6) is 0 Å². The first-order valence-electron chi connectivity index (χ1n) is 6.22. The van der Waals surface area contributed by atoms with Crippen LogP contribution in [-0.4, -0.2) is 16.2 Å². The van der Waals surface area contributed by atoms with Crippen LogP contribution in [0.1, 0.15) is 12.5 Å². The first kappa shape index (κ1) is 15.4. The number of aliphatic imine (C=N–C) groups is 1. The van der Waals surface area contributed by atoms with Crippen molar-refractivity contribution < 1.29 is 9.90 Å². The fourth-order valence-electron chi connectivity index (χ4n) is 1.80. The van der Waals surface area contributed by atoms with Crippen LogP contribution in [-0.2, 0) is 10.3 Å². The van der Waals surface area contributed by atoms with Crippen molar-refractivity contribution in [1.29, 1.82) is 0 Å². The van der Waals surface area contributed by atoms with Gasteiger partial charge in [-0.25, -0.2) is 9.79 Å². The third kappa shape index (κ3) is 3.58.